The zero-order valence-corrected chi connectivity index (χ0v) is 60.1. The van der Waals surface area contributed by atoms with Crippen LogP contribution in [-0.2, 0) is 10.8 Å². The summed E-state index contributed by atoms with van der Waals surface area (Å²) in [6.07, 6.45) is 35.1. The maximum atomic E-state index is 5.75. The summed E-state index contributed by atoms with van der Waals surface area (Å²) in [5, 5.41) is 5.16. The van der Waals surface area contributed by atoms with Crippen LogP contribution in [0.2, 0.25) is 0 Å². The standard InChI is InChI=1S/C94H106N4/c1-7-11-15-19-23-33-53-93(54-34-24-20-16-12-8-2)83-58-68(6)42-49-79(83)81-51-47-75(63-85(81)93)89-66-90(98-92(97-89)91-95-87(69-37-29-27-30-38-69)65-88(96-91)70-39-31-28-32-40-70)76-48-52-82-80-50-46-74(71-44-45-73-60-77-57-67(5)41-43-72(77)61-78(73)59-71)62-84(80)94(86(82)64-76,55-35-25-21-17-13-9-3)56-36-26-22-18-14-10-4/h27-32,37-52,57-66H,7-26,33-36,53-56H2,1-6H3. The molecule has 2 aliphatic carbocycles. The van der Waals surface area contributed by atoms with Gasteiger partial charge in [-0.2, -0.15) is 0 Å². The van der Waals surface area contributed by atoms with Gasteiger partial charge in [0.2, 0.25) is 0 Å². The molecule has 0 N–H and O–H groups in total. The van der Waals surface area contributed by atoms with Crippen molar-refractivity contribution in [1.82, 2.24) is 19.9 Å². The van der Waals surface area contributed by atoms with Gasteiger partial charge >= 0.3 is 0 Å². The van der Waals surface area contributed by atoms with Gasteiger partial charge in [0.25, 0.3) is 0 Å². The Bertz CT molecular complexity index is 4410. The molecule has 502 valence electrons. The molecule has 98 heavy (non-hydrogen) atoms. The molecular weight excluding hydrogens is 1190 g/mol. The van der Waals surface area contributed by atoms with Crippen LogP contribution in [0.4, 0.5) is 0 Å². The minimum atomic E-state index is -0.184. The van der Waals surface area contributed by atoms with Gasteiger partial charge < -0.3 is 0 Å². The van der Waals surface area contributed by atoms with E-state index in [0.717, 1.165) is 70.7 Å². The van der Waals surface area contributed by atoms with Crippen LogP contribution in [0.1, 0.15) is 241 Å². The third-order valence-electron chi connectivity index (χ3n) is 22.4. The monoisotopic (exact) mass is 1290 g/mol. The second-order valence-electron chi connectivity index (χ2n) is 29.5. The minimum Gasteiger partial charge on any atom is -0.225 e. The van der Waals surface area contributed by atoms with Gasteiger partial charge in [-0.3, -0.25) is 0 Å². The molecule has 2 aromatic heterocycles. The molecule has 0 amide bonds. The number of unbranched alkanes of at least 4 members (excludes halogenated alkanes) is 20. The molecule has 0 radical (unpaired) electrons. The van der Waals surface area contributed by atoms with Crippen molar-refractivity contribution in [3.05, 3.63) is 228 Å². The first kappa shape index (κ1) is 68.2. The highest BCUT2D eigenvalue weighted by atomic mass is 15.0. The number of nitrogens with zero attached hydrogens (tertiary/aromatic N) is 4. The zero-order chi connectivity index (χ0) is 67.3. The van der Waals surface area contributed by atoms with Crippen molar-refractivity contribution >= 4 is 21.5 Å². The number of hydrogen-bond donors (Lipinski definition) is 0. The highest BCUT2D eigenvalue weighted by Gasteiger charge is 2.44. The van der Waals surface area contributed by atoms with E-state index in [-0.39, 0.29) is 10.8 Å². The van der Waals surface area contributed by atoms with Crippen molar-refractivity contribution in [2.75, 3.05) is 0 Å². The molecule has 4 nitrogen and oxygen atoms in total. The third kappa shape index (κ3) is 15.0. The van der Waals surface area contributed by atoms with Gasteiger partial charge in [-0.25, -0.2) is 19.9 Å². The molecule has 0 atom stereocenters. The van der Waals surface area contributed by atoms with Gasteiger partial charge in [0.15, 0.2) is 11.6 Å². The molecule has 0 aliphatic heterocycles. The number of aromatic nitrogens is 4. The molecule has 0 bridgehead atoms. The first-order valence-corrected chi connectivity index (χ1v) is 38.6. The highest BCUT2D eigenvalue weighted by Crippen LogP contribution is 2.58. The lowest BCUT2D eigenvalue weighted by molar-refractivity contribution is 0.398. The smallest absolute Gasteiger partial charge is 0.198 e. The Kier molecular flexibility index (Phi) is 22.3. The summed E-state index contributed by atoms with van der Waals surface area (Å²) in [6.45, 7) is 13.8. The summed E-state index contributed by atoms with van der Waals surface area (Å²) in [5.74, 6) is 1.06. The average molecular weight is 1290 g/mol. The SMILES string of the molecule is CCCCCCCCC1(CCCCCCCC)c2cc(C)ccc2-c2ccc(-c3cc(-c4ccc5c(c4)C(CCCCCCCC)(CCCCCCCC)c4cc(-c6ccc7cc8cc(C)ccc8cc7c6)ccc4-5)nc(-c4nc(-c5ccccc5)cc(-c5ccccc5)n4)n3)cc21. The second-order valence-corrected chi connectivity index (χ2v) is 29.5. The van der Waals surface area contributed by atoms with Crippen molar-refractivity contribution < 1.29 is 0 Å². The van der Waals surface area contributed by atoms with Gasteiger partial charge in [0, 0.05) is 33.1 Å². The Balaban J connectivity index is 0.981. The van der Waals surface area contributed by atoms with E-state index in [1.54, 1.807) is 0 Å². The molecule has 2 aliphatic rings. The molecule has 4 heteroatoms. The molecule has 2 heterocycles. The van der Waals surface area contributed by atoms with Crippen molar-refractivity contribution in [2.45, 2.75) is 232 Å². The fourth-order valence-corrected chi connectivity index (χ4v) is 17.0. The largest absolute Gasteiger partial charge is 0.225 e. The first-order valence-electron chi connectivity index (χ1n) is 38.6. The molecule has 0 saturated heterocycles. The molecular formula is C94H106N4. The Hall–Kier alpha value is -8.34. The molecule has 9 aromatic carbocycles. The van der Waals surface area contributed by atoms with Gasteiger partial charge in [0.05, 0.1) is 22.8 Å². The Morgan fingerprint density at radius 3 is 0.969 bits per heavy atom. The molecule has 13 rings (SSSR count). The highest BCUT2D eigenvalue weighted by molar-refractivity contribution is 6.00. The number of benzene rings is 9. The van der Waals surface area contributed by atoms with E-state index < -0.39 is 0 Å². The minimum absolute atomic E-state index is 0.0920. The lowest BCUT2D eigenvalue weighted by Crippen LogP contribution is -2.26. The second kappa shape index (κ2) is 32.1. The van der Waals surface area contributed by atoms with E-state index in [1.807, 2.05) is 0 Å². The molecule has 11 aromatic rings. The first-order chi connectivity index (χ1) is 48.2. The van der Waals surface area contributed by atoms with Gasteiger partial charge in [-0.1, -0.05) is 339 Å². The van der Waals surface area contributed by atoms with Crippen molar-refractivity contribution in [1.29, 1.82) is 0 Å². The van der Waals surface area contributed by atoms with E-state index in [1.165, 1.54) is 242 Å². The zero-order valence-electron chi connectivity index (χ0n) is 60.1. The summed E-state index contributed by atoms with van der Waals surface area (Å²) < 4.78 is 0. The predicted molar refractivity (Wildman–Crippen MR) is 419 cm³/mol. The van der Waals surface area contributed by atoms with Crippen molar-refractivity contribution in [3.63, 3.8) is 0 Å². The van der Waals surface area contributed by atoms with Crippen LogP contribution < -0.4 is 0 Å². The topological polar surface area (TPSA) is 51.6 Å². The lowest BCUT2D eigenvalue weighted by atomic mass is 9.70. The normalized spacial score (nSPS) is 13.3. The number of hydrogen-bond acceptors (Lipinski definition) is 4. The van der Waals surface area contributed by atoms with Crippen LogP contribution in [0.5, 0.6) is 0 Å². The number of fused-ring (bicyclic) bond motifs is 8. The third-order valence-corrected chi connectivity index (χ3v) is 22.4. The van der Waals surface area contributed by atoms with Crippen molar-refractivity contribution in [3.8, 4) is 90.1 Å². The molecule has 0 unspecified atom stereocenters. The number of rotatable bonds is 34. The molecule has 0 spiro atoms. The van der Waals surface area contributed by atoms with E-state index in [9.17, 15) is 0 Å². The van der Waals surface area contributed by atoms with E-state index >= 15 is 0 Å². The van der Waals surface area contributed by atoms with Crippen LogP contribution in [0.15, 0.2) is 194 Å². The Morgan fingerprint density at radius 1 is 0.235 bits per heavy atom. The van der Waals surface area contributed by atoms with Gasteiger partial charge in [-0.15, -0.1) is 0 Å². The van der Waals surface area contributed by atoms with E-state index in [2.05, 4.69) is 236 Å². The van der Waals surface area contributed by atoms with E-state index in [0.29, 0.717) is 11.6 Å². The summed E-state index contributed by atoms with van der Waals surface area (Å²) in [7, 11) is 0. The Labute approximate surface area is 587 Å². The summed E-state index contributed by atoms with van der Waals surface area (Å²) in [4.78, 5) is 22.4. The Morgan fingerprint density at radius 2 is 0.541 bits per heavy atom. The van der Waals surface area contributed by atoms with E-state index in [4.69, 9.17) is 19.9 Å². The van der Waals surface area contributed by atoms with Gasteiger partial charge in [0.1, 0.15) is 0 Å². The van der Waals surface area contributed by atoms with Crippen LogP contribution in [0.3, 0.4) is 0 Å². The van der Waals surface area contributed by atoms with Gasteiger partial charge in [-0.05, 0) is 165 Å². The van der Waals surface area contributed by atoms with Crippen LogP contribution in [0.25, 0.3) is 112 Å². The molecule has 0 fully saturated rings. The predicted octanol–water partition coefficient (Wildman–Crippen LogP) is 27.7. The molecule has 0 saturated carbocycles. The quantitative estimate of drug-likeness (QED) is 0.0298. The maximum absolute atomic E-state index is 5.75. The van der Waals surface area contributed by atoms with Crippen LogP contribution >= 0.6 is 0 Å². The van der Waals surface area contributed by atoms with Crippen LogP contribution in [0, 0.1) is 13.8 Å². The maximum Gasteiger partial charge on any atom is 0.198 e. The average Bonchev–Trinajstić information content (AvgIpc) is 1.56. The fourth-order valence-electron chi connectivity index (χ4n) is 17.0. The number of aryl methyl sites for hydroxylation is 2. The summed E-state index contributed by atoms with van der Waals surface area (Å²) in [6, 6.07) is 74.0. The van der Waals surface area contributed by atoms with Crippen LogP contribution in [-0.4, -0.2) is 19.9 Å². The lowest BCUT2D eigenvalue weighted by Gasteiger charge is -2.33. The fraction of sp³-hybridized carbons (Fsp3) is 0.383. The van der Waals surface area contributed by atoms with Crippen molar-refractivity contribution in [2.24, 2.45) is 0 Å². The summed E-state index contributed by atoms with van der Waals surface area (Å²) >= 11 is 0. The summed E-state index contributed by atoms with van der Waals surface area (Å²) in [5.41, 5.74) is 24.3.